The van der Waals surface area contributed by atoms with Crippen molar-refractivity contribution in [2.24, 2.45) is 17.6 Å². The fraction of sp³-hybridized carbons (Fsp3) is 1.00. The fourth-order valence-electron chi connectivity index (χ4n) is 2.40. The molecule has 0 amide bonds. The van der Waals surface area contributed by atoms with E-state index >= 15 is 0 Å². The fourth-order valence-corrected chi connectivity index (χ4v) is 2.40. The van der Waals surface area contributed by atoms with Crippen molar-refractivity contribution in [2.75, 3.05) is 13.2 Å². The molecule has 0 saturated carbocycles. The van der Waals surface area contributed by atoms with E-state index < -0.39 is 0 Å². The van der Waals surface area contributed by atoms with Gasteiger partial charge in [0.15, 0.2) is 0 Å². The standard InChI is InChI=1S/C11H23NO2/c1-5-13-6-10(12)11-7(2)8(3)14-9(11)4/h7-11H,5-6,12H2,1-4H3. The molecule has 14 heavy (non-hydrogen) atoms. The number of ether oxygens (including phenoxy) is 2. The Hall–Kier alpha value is -0.120. The van der Waals surface area contributed by atoms with E-state index in [1.807, 2.05) is 6.92 Å². The Bertz CT molecular complexity index is 175. The molecule has 0 aliphatic carbocycles. The van der Waals surface area contributed by atoms with Crippen LogP contribution in [0.1, 0.15) is 27.7 Å². The van der Waals surface area contributed by atoms with Gasteiger partial charge in [0, 0.05) is 18.6 Å². The van der Waals surface area contributed by atoms with Gasteiger partial charge >= 0.3 is 0 Å². The molecule has 3 heteroatoms. The van der Waals surface area contributed by atoms with E-state index in [0.29, 0.717) is 24.5 Å². The average molecular weight is 201 g/mol. The van der Waals surface area contributed by atoms with Crippen LogP contribution in [0.25, 0.3) is 0 Å². The third kappa shape index (κ3) is 2.47. The zero-order valence-electron chi connectivity index (χ0n) is 9.69. The van der Waals surface area contributed by atoms with Crippen molar-refractivity contribution >= 4 is 0 Å². The van der Waals surface area contributed by atoms with Crippen molar-refractivity contribution < 1.29 is 9.47 Å². The highest BCUT2D eigenvalue weighted by molar-refractivity contribution is 4.90. The summed E-state index contributed by atoms with van der Waals surface area (Å²) in [6.45, 7) is 9.81. The van der Waals surface area contributed by atoms with E-state index in [-0.39, 0.29) is 12.1 Å². The summed E-state index contributed by atoms with van der Waals surface area (Å²) < 4.78 is 11.1. The summed E-state index contributed by atoms with van der Waals surface area (Å²) in [7, 11) is 0. The molecule has 0 aromatic carbocycles. The highest BCUT2D eigenvalue weighted by atomic mass is 16.5. The summed E-state index contributed by atoms with van der Waals surface area (Å²) in [6, 6.07) is 0.102. The molecule has 1 aliphatic rings. The summed E-state index contributed by atoms with van der Waals surface area (Å²) in [5, 5.41) is 0. The normalized spacial score (nSPS) is 40.1. The van der Waals surface area contributed by atoms with E-state index in [9.17, 15) is 0 Å². The molecule has 1 rings (SSSR count). The van der Waals surface area contributed by atoms with Gasteiger partial charge in [-0.15, -0.1) is 0 Å². The third-order valence-electron chi connectivity index (χ3n) is 3.33. The molecule has 84 valence electrons. The predicted molar refractivity (Wildman–Crippen MR) is 57.1 cm³/mol. The van der Waals surface area contributed by atoms with Gasteiger partial charge in [0.1, 0.15) is 0 Å². The molecule has 1 fully saturated rings. The lowest BCUT2D eigenvalue weighted by atomic mass is 9.84. The minimum absolute atomic E-state index is 0.102. The van der Waals surface area contributed by atoms with E-state index in [1.54, 1.807) is 0 Å². The molecule has 0 aromatic heterocycles. The van der Waals surface area contributed by atoms with Gasteiger partial charge in [-0.3, -0.25) is 0 Å². The Morgan fingerprint density at radius 1 is 1.29 bits per heavy atom. The van der Waals surface area contributed by atoms with Crippen LogP contribution in [0.5, 0.6) is 0 Å². The Morgan fingerprint density at radius 3 is 2.36 bits per heavy atom. The summed E-state index contributed by atoms with van der Waals surface area (Å²) in [5.74, 6) is 0.956. The van der Waals surface area contributed by atoms with Gasteiger partial charge in [0.25, 0.3) is 0 Å². The largest absolute Gasteiger partial charge is 0.380 e. The predicted octanol–water partition coefficient (Wildman–Crippen LogP) is 1.41. The maximum absolute atomic E-state index is 6.10. The molecule has 1 saturated heterocycles. The van der Waals surface area contributed by atoms with Gasteiger partial charge in [-0.05, 0) is 26.7 Å². The van der Waals surface area contributed by atoms with E-state index in [0.717, 1.165) is 6.61 Å². The first kappa shape index (κ1) is 12.0. The maximum atomic E-state index is 6.10. The second kappa shape index (κ2) is 5.10. The molecular weight excluding hydrogens is 178 g/mol. The molecule has 0 spiro atoms. The van der Waals surface area contributed by atoms with Gasteiger partial charge in [0.2, 0.25) is 0 Å². The van der Waals surface area contributed by atoms with Crippen LogP contribution in [0, 0.1) is 11.8 Å². The molecule has 0 bridgehead atoms. The molecule has 2 N–H and O–H groups in total. The maximum Gasteiger partial charge on any atom is 0.0621 e. The van der Waals surface area contributed by atoms with Gasteiger partial charge in [-0.1, -0.05) is 6.92 Å². The second-order valence-corrected chi connectivity index (χ2v) is 4.31. The summed E-state index contributed by atoms with van der Waals surface area (Å²) >= 11 is 0. The number of rotatable bonds is 4. The zero-order chi connectivity index (χ0) is 10.7. The molecule has 5 atom stereocenters. The lowest BCUT2D eigenvalue weighted by Crippen LogP contribution is -2.41. The topological polar surface area (TPSA) is 44.5 Å². The quantitative estimate of drug-likeness (QED) is 0.748. The third-order valence-corrected chi connectivity index (χ3v) is 3.33. The summed E-state index contributed by atoms with van der Waals surface area (Å²) in [6.07, 6.45) is 0.582. The van der Waals surface area contributed by atoms with Gasteiger partial charge in [-0.2, -0.15) is 0 Å². The zero-order valence-corrected chi connectivity index (χ0v) is 9.69. The Labute approximate surface area is 86.9 Å². The van der Waals surface area contributed by atoms with Crippen LogP contribution in [0.2, 0.25) is 0 Å². The second-order valence-electron chi connectivity index (χ2n) is 4.31. The Kier molecular flexibility index (Phi) is 4.35. The lowest BCUT2D eigenvalue weighted by Gasteiger charge is -2.25. The molecular formula is C11H23NO2. The van der Waals surface area contributed by atoms with Gasteiger partial charge < -0.3 is 15.2 Å². The van der Waals surface area contributed by atoms with Gasteiger partial charge in [0.05, 0.1) is 18.8 Å². The van der Waals surface area contributed by atoms with Crippen molar-refractivity contribution in [1.82, 2.24) is 0 Å². The van der Waals surface area contributed by atoms with Gasteiger partial charge in [-0.25, -0.2) is 0 Å². The van der Waals surface area contributed by atoms with Crippen molar-refractivity contribution in [1.29, 1.82) is 0 Å². The first-order chi connectivity index (χ1) is 6.57. The van der Waals surface area contributed by atoms with Crippen molar-refractivity contribution in [3.05, 3.63) is 0 Å². The van der Waals surface area contributed by atoms with Crippen molar-refractivity contribution in [3.8, 4) is 0 Å². The van der Waals surface area contributed by atoms with Crippen molar-refractivity contribution in [3.63, 3.8) is 0 Å². The smallest absolute Gasteiger partial charge is 0.0621 e. The van der Waals surface area contributed by atoms with Crippen molar-refractivity contribution in [2.45, 2.75) is 45.9 Å². The van der Waals surface area contributed by atoms with Crippen LogP contribution < -0.4 is 5.73 Å². The summed E-state index contributed by atoms with van der Waals surface area (Å²) in [4.78, 5) is 0. The van der Waals surface area contributed by atoms with Crippen LogP contribution in [0.3, 0.4) is 0 Å². The molecule has 5 unspecified atom stereocenters. The van der Waals surface area contributed by atoms with Crippen LogP contribution >= 0.6 is 0 Å². The molecule has 0 radical (unpaired) electrons. The average Bonchev–Trinajstić information content (AvgIpc) is 2.38. The van der Waals surface area contributed by atoms with Crippen LogP contribution in [-0.2, 0) is 9.47 Å². The van der Waals surface area contributed by atoms with E-state index in [1.165, 1.54) is 0 Å². The first-order valence-electron chi connectivity index (χ1n) is 5.56. The summed E-state index contributed by atoms with van der Waals surface area (Å²) in [5.41, 5.74) is 6.10. The molecule has 0 aromatic rings. The molecule has 1 heterocycles. The van der Waals surface area contributed by atoms with Crippen LogP contribution in [0.4, 0.5) is 0 Å². The minimum Gasteiger partial charge on any atom is -0.380 e. The highest BCUT2D eigenvalue weighted by Gasteiger charge is 2.40. The van der Waals surface area contributed by atoms with E-state index in [2.05, 4.69) is 20.8 Å². The highest BCUT2D eigenvalue weighted by Crippen LogP contribution is 2.33. The molecule has 1 aliphatic heterocycles. The lowest BCUT2D eigenvalue weighted by molar-refractivity contribution is 0.0420. The Morgan fingerprint density at radius 2 is 1.93 bits per heavy atom. The number of hydrogen-bond donors (Lipinski definition) is 1. The van der Waals surface area contributed by atoms with Crippen LogP contribution in [0.15, 0.2) is 0 Å². The first-order valence-corrected chi connectivity index (χ1v) is 5.56. The number of nitrogens with two attached hydrogens (primary N) is 1. The monoisotopic (exact) mass is 201 g/mol. The number of hydrogen-bond acceptors (Lipinski definition) is 3. The SMILES string of the molecule is CCOCC(N)C1C(C)OC(C)C1C. The minimum atomic E-state index is 0.102. The molecule has 3 nitrogen and oxygen atoms in total. The van der Waals surface area contributed by atoms with Crippen LogP contribution in [-0.4, -0.2) is 31.5 Å². The van der Waals surface area contributed by atoms with E-state index in [4.69, 9.17) is 15.2 Å². The Balaban J connectivity index is 2.49.